The molecule has 1 aromatic heterocycles. The number of benzene rings is 1. The van der Waals surface area contributed by atoms with Gasteiger partial charge in [-0.1, -0.05) is 6.92 Å². The number of aromatic nitrogens is 2. The number of nitrogens with zero attached hydrogens (tertiary/aromatic N) is 3. The van der Waals surface area contributed by atoms with E-state index in [0.29, 0.717) is 5.95 Å². The van der Waals surface area contributed by atoms with Crippen LogP contribution in [-0.4, -0.2) is 23.6 Å². The third-order valence-electron chi connectivity index (χ3n) is 2.58. The van der Waals surface area contributed by atoms with Crippen LogP contribution in [-0.2, 0) is 0 Å². The maximum atomic E-state index is 5.54. The van der Waals surface area contributed by atoms with E-state index in [1.54, 1.807) is 6.20 Å². The third kappa shape index (κ3) is 2.05. The van der Waals surface area contributed by atoms with Crippen molar-refractivity contribution >= 4 is 22.5 Å². The van der Waals surface area contributed by atoms with Crippen molar-refractivity contribution in [2.24, 2.45) is 0 Å². The summed E-state index contributed by atoms with van der Waals surface area (Å²) in [5.74, 6) is 0.321. The summed E-state index contributed by atoms with van der Waals surface area (Å²) in [7, 11) is 2.09. The Labute approximate surface area is 95.1 Å². The summed E-state index contributed by atoms with van der Waals surface area (Å²) in [6.45, 7) is 3.21. The highest BCUT2D eigenvalue weighted by Gasteiger charge is 2.02. The van der Waals surface area contributed by atoms with Gasteiger partial charge in [0, 0.05) is 30.9 Å². The quantitative estimate of drug-likeness (QED) is 0.853. The molecule has 0 aliphatic carbocycles. The zero-order valence-electron chi connectivity index (χ0n) is 9.64. The Morgan fingerprint density at radius 1 is 1.38 bits per heavy atom. The molecule has 0 aliphatic rings. The Bertz CT molecular complexity index is 495. The topological polar surface area (TPSA) is 55.0 Å². The molecule has 1 aromatic carbocycles. The molecule has 0 aliphatic heterocycles. The van der Waals surface area contributed by atoms with E-state index in [1.807, 2.05) is 6.07 Å². The standard InChI is InChI=1S/C12H16N4/c1-3-6-16(2)10-4-5-11-9(7-10)8-14-12(13)15-11/h4-5,7-8H,3,6H2,1-2H3,(H2,13,14,15). The third-order valence-corrected chi connectivity index (χ3v) is 2.58. The highest BCUT2D eigenvalue weighted by molar-refractivity contribution is 5.82. The van der Waals surface area contributed by atoms with E-state index in [-0.39, 0.29) is 0 Å². The van der Waals surface area contributed by atoms with Crippen molar-refractivity contribution in [2.75, 3.05) is 24.2 Å². The van der Waals surface area contributed by atoms with Gasteiger partial charge in [-0.05, 0) is 24.6 Å². The first kappa shape index (κ1) is 10.7. The van der Waals surface area contributed by atoms with Crippen LogP contribution in [0.5, 0.6) is 0 Å². The molecule has 0 saturated carbocycles. The van der Waals surface area contributed by atoms with Gasteiger partial charge in [0.2, 0.25) is 5.95 Å². The maximum absolute atomic E-state index is 5.54. The van der Waals surface area contributed by atoms with Crippen LogP contribution in [0.25, 0.3) is 10.9 Å². The summed E-state index contributed by atoms with van der Waals surface area (Å²) >= 11 is 0. The van der Waals surface area contributed by atoms with Crippen LogP contribution in [0.1, 0.15) is 13.3 Å². The second-order valence-corrected chi connectivity index (χ2v) is 3.89. The van der Waals surface area contributed by atoms with Gasteiger partial charge in [-0.2, -0.15) is 0 Å². The van der Waals surface area contributed by atoms with Crippen molar-refractivity contribution < 1.29 is 0 Å². The average molecular weight is 216 g/mol. The summed E-state index contributed by atoms with van der Waals surface area (Å²) < 4.78 is 0. The maximum Gasteiger partial charge on any atom is 0.220 e. The molecule has 0 unspecified atom stereocenters. The van der Waals surface area contributed by atoms with Crippen molar-refractivity contribution in [1.82, 2.24) is 9.97 Å². The summed E-state index contributed by atoms with van der Waals surface area (Å²) in [6, 6.07) is 6.13. The molecule has 4 heteroatoms. The van der Waals surface area contributed by atoms with Crippen LogP contribution in [0.4, 0.5) is 11.6 Å². The van der Waals surface area contributed by atoms with Crippen molar-refractivity contribution in [1.29, 1.82) is 0 Å². The first-order chi connectivity index (χ1) is 7.70. The number of hydrogen-bond acceptors (Lipinski definition) is 4. The van der Waals surface area contributed by atoms with Crippen LogP contribution in [0, 0.1) is 0 Å². The number of nitrogen functional groups attached to an aromatic ring is 1. The molecule has 2 N–H and O–H groups in total. The number of rotatable bonds is 3. The predicted molar refractivity (Wildman–Crippen MR) is 67.5 cm³/mol. The van der Waals surface area contributed by atoms with Gasteiger partial charge in [-0.15, -0.1) is 0 Å². The van der Waals surface area contributed by atoms with Gasteiger partial charge in [0.15, 0.2) is 0 Å². The van der Waals surface area contributed by atoms with Gasteiger partial charge in [0.05, 0.1) is 5.52 Å². The van der Waals surface area contributed by atoms with E-state index in [1.165, 1.54) is 5.69 Å². The largest absolute Gasteiger partial charge is 0.375 e. The lowest BCUT2D eigenvalue weighted by Gasteiger charge is -2.18. The Kier molecular flexibility index (Phi) is 2.90. The van der Waals surface area contributed by atoms with E-state index in [0.717, 1.165) is 23.9 Å². The van der Waals surface area contributed by atoms with Crippen LogP contribution < -0.4 is 10.6 Å². The van der Waals surface area contributed by atoms with Gasteiger partial charge in [-0.3, -0.25) is 0 Å². The van der Waals surface area contributed by atoms with Crippen LogP contribution >= 0.6 is 0 Å². The van der Waals surface area contributed by atoms with E-state index < -0.39 is 0 Å². The Balaban J connectivity index is 2.40. The molecule has 0 radical (unpaired) electrons. The van der Waals surface area contributed by atoms with Gasteiger partial charge in [0.1, 0.15) is 0 Å². The normalized spacial score (nSPS) is 10.6. The molecule has 4 nitrogen and oxygen atoms in total. The number of hydrogen-bond donors (Lipinski definition) is 1. The highest BCUT2D eigenvalue weighted by atomic mass is 15.1. The SMILES string of the molecule is CCCN(C)c1ccc2nc(N)ncc2c1. The molecule has 16 heavy (non-hydrogen) atoms. The summed E-state index contributed by atoms with van der Waals surface area (Å²) in [5, 5.41) is 1.02. The zero-order chi connectivity index (χ0) is 11.5. The van der Waals surface area contributed by atoms with Gasteiger partial charge >= 0.3 is 0 Å². The average Bonchev–Trinajstić information content (AvgIpc) is 2.28. The lowest BCUT2D eigenvalue weighted by atomic mass is 10.2. The molecule has 2 aromatic rings. The van der Waals surface area contributed by atoms with Crippen molar-refractivity contribution in [2.45, 2.75) is 13.3 Å². The van der Waals surface area contributed by atoms with Crippen LogP contribution in [0.15, 0.2) is 24.4 Å². The second kappa shape index (κ2) is 4.35. The highest BCUT2D eigenvalue weighted by Crippen LogP contribution is 2.20. The Morgan fingerprint density at radius 3 is 2.94 bits per heavy atom. The molecule has 0 bridgehead atoms. The van der Waals surface area contributed by atoms with Gasteiger partial charge in [-0.25, -0.2) is 9.97 Å². The zero-order valence-corrected chi connectivity index (χ0v) is 9.64. The Hall–Kier alpha value is -1.84. The smallest absolute Gasteiger partial charge is 0.220 e. The summed E-state index contributed by atoms with van der Waals surface area (Å²) in [5.41, 5.74) is 7.61. The van der Waals surface area contributed by atoms with Crippen molar-refractivity contribution in [3.8, 4) is 0 Å². The molecular weight excluding hydrogens is 200 g/mol. The molecule has 0 spiro atoms. The lowest BCUT2D eigenvalue weighted by Crippen LogP contribution is -2.17. The fourth-order valence-corrected chi connectivity index (χ4v) is 1.74. The minimum atomic E-state index is 0.321. The minimum absolute atomic E-state index is 0.321. The van der Waals surface area contributed by atoms with E-state index in [2.05, 4.69) is 41.0 Å². The van der Waals surface area contributed by atoms with Crippen LogP contribution in [0.3, 0.4) is 0 Å². The fourth-order valence-electron chi connectivity index (χ4n) is 1.74. The monoisotopic (exact) mass is 216 g/mol. The predicted octanol–water partition coefficient (Wildman–Crippen LogP) is 2.06. The first-order valence-corrected chi connectivity index (χ1v) is 5.44. The number of fused-ring (bicyclic) bond motifs is 1. The summed E-state index contributed by atoms with van der Waals surface area (Å²) in [6.07, 6.45) is 2.90. The van der Waals surface area contributed by atoms with E-state index >= 15 is 0 Å². The molecular formula is C12H16N4. The van der Waals surface area contributed by atoms with Gasteiger partial charge < -0.3 is 10.6 Å². The molecule has 84 valence electrons. The van der Waals surface area contributed by atoms with Crippen molar-refractivity contribution in [3.63, 3.8) is 0 Å². The molecule has 2 rings (SSSR count). The lowest BCUT2D eigenvalue weighted by molar-refractivity contribution is 0.853. The number of nitrogens with two attached hydrogens (primary N) is 1. The van der Waals surface area contributed by atoms with Crippen LogP contribution in [0.2, 0.25) is 0 Å². The van der Waals surface area contributed by atoms with E-state index in [4.69, 9.17) is 5.73 Å². The van der Waals surface area contributed by atoms with E-state index in [9.17, 15) is 0 Å². The molecule has 0 amide bonds. The molecule has 0 atom stereocenters. The fraction of sp³-hybridized carbons (Fsp3) is 0.333. The molecule has 0 saturated heterocycles. The number of anilines is 2. The van der Waals surface area contributed by atoms with Crippen molar-refractivity contribution in [3.05, 3.63) is 24.4 Å². The second-order valence-electron chi connectivity index (χ2n) is 3.89. The minimum Gasteiger partial charge on any atom is -0.375 e. The molecule has 0 fully saturated rings. The van der Waals surface area contributed by atoms with Gasteiger partial charge in [0.25, 0.3) is 0 Å². The first-order valence-electron chi connectivity index (χ1n) is 5.44. The Morgan fingerprint density at radius 2 is 2.19 bits per heavy atom. The summed E-state index contributed by atoms with van der Waals surface area (Å²) in [4.78, 5) is 10.4. The molecule has 1 heterocycles.